The molecule has 2 aromatic rings. The highest BCUT2D eigenvalue weighted by Crippen LogP contribution is 2.28. The number of benzene rings is 2. The molecule has 2 fully saturated rings. The van der Waals surface area contributed by atoms with E-state index in [1.54, 1.807) is 0 Å². The monoisotopic (exact) mass is 357 g/mol. The molecule has 1 saturated carbocycles. The number of nitrogens with zero attached hydrogens (tertiary/aromatic N) is 2. The van der Waals surface area contributed by atoms with Gasteiger partial charge in [0.15, 0.2) is 11.6 Å². The van der Waals surface area contributed by atoms with Gasteiger partial charge in [0.2, 0.25) is 0 Å². The van der Waals surface area contributed by atoms with Gasteiger partial charge in [0.25, 0.3) is 5.91 Å². The Kier molecular flexibility index (Phi) is 4.59. The zero-order valence-electron chi connectivity index (χ0n) is 14.4. The van der Waals surface area contributed by atoms with Crippen molar-refractivity contribution < 1.29 is 13.6 Å². The Bertz CT molecular complexity index is 797. The van der Waals surface area contributed by atoms with Crippen LogP contribution >= 0.6 is 0 Å². The maximum absolute atomic E-state index is 13.3. The molecule has 1 amide bonds. The minimum Gasteiger partial charge on any atom is -0.369 e. The largest absolute Gasteiger partial charge is 0.369 e. The minimum absolute atomic E-state index is 0.0872. The number of halogens is 2. The molecule has 6 heteroatoms. The Labute approximate surface area is 151 Å². The van der Waals surface area contributed by atoms with Gasteiger partial charge >= 0.3 is 0 Å². The van der Waals surface area contributed by atoms with Gasteiger partial charge in [-0.3, -0.25) is 9.69 Å². The summed E-state index contributed by atoms with van der Waals surface area (Å²) in [6.45, 7) is 4.21. The van der Waals surface area contributed by atoms with Gasteiger partial charge in [-0.15, -0.1) is 0 Å². The average molecular weight is 357 g/mol. The van der Waals surface area contributed by atoms with Gasteiger partial charge in [-0.1, -0.05) is 0 Å². The number of carbonyl (C=O) groups is 1. The van der Waals surface area contributed by atoms with Crippen LogP contribution in [-0.2, 0) is 0 Å². The fourth-order valence-electron chi connectivity index (χ4n) is 3.38. The Morgan fingerprint density at radius 3 is 2.23 bits per heavy atom. The summed E-state index contributed by atoms with van der Waals surface area (Å²) in [7, 11) is 0. The molecule has 2 aliphatic rings. The van der Waals surface area contributed by atoms with E-state index in [0.29, 0.717) is 5.69 Å². The van der Waals surface area contributed by atoms with Crippen LogP contribution in [0.4, 0.5) is 20.2 Å². The second-order valence-electron chi connectivity index (χ2n) is 6.88. The van der Waals surface area contributed by atoms with E-state index < -0.39 is 17.5 Å². The predicted octanol–water partition coefficient (Wildman–Crippen LogP) is 3.50. The van der Waals surface area contributed by atoms with Crippen molar-refractivity contribution in [2.24, 2.45) is 0 Å². The summed E-state index contributed by atoms with van der Waals surface area (Å²) < 4.78 is 26.2. The van der Waals surface area contributed by atoms with E-state index in [0.717, 1.165) is 50.0 Å². The highest BCUT2D eigenvalue weighted by molar-refractivity contribution is 6.04. The second-order valence-corrected chi connectivity index (χ2v) is 6.88. The molecule has 0 unspecified atom stereocenters. The zero-order valence-corrected chi connectivity index (χ0v) is 14.4. The number of nitrogens with one attached hydrogen (secondary N) is 1. The van der Waals surface area contributed by atoms with Crippen LogP contribution in [-0.4, -0.2) is 43.0 Å². The lowest BCUT2D eigenvalue weighted by Gasteiger charge is -2.36. The highest BCUT2D eigenvalue weighted by atomic mass is 19.2. The quantitative estimate of drug-likeness (QED) is 0.910. The van der Waals surface area contributed by atoms with E-state index in [-0.39, 0.29) is 5.56 Å². The summed E-state index contributed by atoms with van der Waals surface area (Å²) in [5.41, 5.74) is 1.84. The van der Waals surface area contributed by atoms with Crippen molar-refractivity contribution in [3.63, 3.8) is 0 Å². The molecule has 136 valence electrons. The van der Waals surface area contributed by atoms with Crippen molar-refractivity contribution in [1.29, 1.82) is 0 Å². The predicted molar refractivity (Wildman–Crippen MR) is 97.6 cm³/mol. The number of anilines is 2. The van der Waals surface area contributed by atoms with E-state index in [1.807, 2.05) is 24.3 Å². The molecule has 0 aromatic heterocycles. The molecule has 0 bridgehead atoms. The lowest BCUT2D eigenvalue weighted by Crippen LogP contribution is -2.47. The second kappa shape index (κ2) is 7.03. The number of hydrogen-bond donors (Lipinski definition) is 1. The first-order valence-electron chi connectivity index (χ1n) is 8.95. The topological polar surface area (TPSA) is 35.6 Å². The van der Waals surface area contributed by atoms with Gasteiger partial charge in [0.05, 0.1) is 0 Å². The van der Waals surface area contributed by atoms with Gasteiger partial charge in [0, 0.05) is 49.2 Å². The number of piperazine rings is 1. The normalized spacial score (nSPS) is 18.0. The summed E-state index contributed by atoms with van der Waals surface area (Å²) in [6, 6.07) is 11.6. The van der Waals surface area contributed by atoms with Crippen LogP contribution in [0.3, 0.4) is 0 Å². The lowest BCUT2D eigenvalue weighted by molar-refractivity contribution is 0.102. The van der Waals surface area contributed by atoms with Gasteiger partial charge < -0.3 is 10.2 Å². The van der Waals surface area contributed by atoms with Crippen LogP contribution in [0.2, 0.25) is 0 Å². The van der Waals surface area contributed by atoms with Crippen LogP contribution < -0.4 is 10.2 Å². The molecular weight excluding hydrogens is 336 g/mol. The molecule has 2 aromatic carbocycles. The van der Waals surface area contributed by atoms with Crippen molar-refractivity contribution in [1.82, 2.24) is 4.90 Å². The first-order valence-corrected chi connectivity index (χ1v) is 8.95. The van der Waals surface area contributed by atoms with Crippen molar-refractivity contribution in [3.8, 4) is 0 Å². The minimum atomic E-state index is -1.03. The molecule has 26 heavy (non-hydrogen) atoms. The SMILES string of the molecule is O=C(Nc1ccc(N2CCN(C3CC3)CC2)cc1)c1ccc(F)c(F)c1. The third-order valence-corrected chi connectivity index (χ3v) is 5.05. The van der Waals surface area contributed by atoms with E-state index in [1.165, 1.54) is 18.9 Å². The molecule has 0 atom stereocenters. The molecule has 4 rings (SSSR count). The first kappa shape index (κ1) is 17.0. The van der Waals surface area contributed by atoms with Crippen molar-refractivity contribution in [3.05, 3.63) is 59.7 Å². The smallest absolute Gasteiger partial charge is 0.255 e. The Hall–Kier alpha value is -2.47. The fourth-order valence-corrected chi connectivity index (χ4v) is 3.38. The van der Waals surface area contributed by atoms with E-state index in [9.17, 15) is 13.6 Å². The maximum Gasteiger partial charge on any atom is 0.255 e. The number of hydrogen-bond acceptors (Lipinski definition) is 3. The first-order chi connectivity index (χ1) is 12.6. The Morgan fingerprint density at radius 1 is 0.923 bits per heavy atom. The summed E-state index contributed by atoms with van der Waals surface area (Å²) in [6.07, 6.45) is 2.68. The molecule has 1 aliphatic heterocycles. The van der Waals surface area contributed by atoms with Gasteiger partial charge in [-0.25, -0.2) is 8.78 Å². The number of amides is 1. The lowest BCUT2D eigenvalue weighted by atomic mass is 10.2. The summed E-state index contributed by atoms with van der Waals surface area (Å²) in [4.78, 5) is 17.1. The molecule has 1 N–H and O–H groups in total. The standard InChI is InChI=1S/C20H21F2N3O/c21-18-8-1-14(13-19(18)22)20(26)23-15-2-4-16(5-3-15)24-9-11-25(12-10-24)17-6-7-17/h1-5,8,13,17H,6-7,9-12H2,(H,23,26). The van der Waals surface area contributed by atoms with Crippen molar-refractivity contribution >= 4 is 17.3 Å². The van der Waals surface area contributed by atoms with Gasteiger partial charge in [-0.05, 0) is 55.3 Å². The van der Waals surface area contributed by atoms with Crippen LogP contribution in [0.15, 0.2) is 42.5 Å². The summed E-state index contributed by atoms with van der Waals surface area (Å²) in [5, 5.41) is 2.71. The Morgan fingerprint density at radius 2 is 1.62 bits per heavy atom. The van der Waals surface area contributed by atoms with Gasteiger partial charge in [0.1, 0.15) is 0 Å². The molecule has 4 nitrogen and oxygen atoms in total. The van der Waals surface area contributed by atoms with E-state index in [4.69, 9.17) is 0 Å². The molecule has 1 heterocycles. The maximum atomic E-state index is 13.3. The zero-order chi connectivity index (χ0) is 18.1. The average Bonchev–Trinajstić information content (AvgIpc) is 3.50. The van der Waals surface area contributed by atoms with Crippen LogP contribution in [0, 0.1) is 11.6 Å². The third kappa shape index (κ3) is 3.70. The molecule has 0 spiro atoms. The summed E-state index contributed by atoms with van der Waals surface area (Å²) in [5.74, 6) is -2.46. The summed E-state index contributed by atoms with van der Waals surface area (Å²) >= 11 is 0. The molecular formula is C20H21F2N3O. The molecule has 1 aliphatic carbocycles. The van der Waals surface area contributed by atoms with Crippen molar-refractivity contribution in [2.45, 2.75) is 18.9 Å². The van der Waals surface area contributed by atoms with Crippen LogP contribution in [0.25, 0.3) is 0 Å². The van der Waals surface area contributed by atoms with E-state index >= 15 is 0 Å². The Balaban J connectivity index is 1.36. The van der Waals surface area contributed by atoms with Crippen LogP contribution in [0.5, 0.6) is 0 Å². The van der Waals surface area contributed by atoms with Crippen LogP contribution in [0.1, 0.15) is 23.2 Å². The van der Waals surface area contributed by atoms with E-state index in [2.05, 4.69) is 15.1 Å². The van der Waals surface area contributed by atoms with Gasteiger partial charge in [-0.2, -0.15) is 0 Å². The van der Waals surface area contributed by atoms with Crippen molar-refractivity contribution in [2.75, 3.05) is 36.4 Å². The number of rotatable bonds is 4. The fraction of sp³-hybridized carbons (Fsp3) is 0.350. The molecule has 0 radical (unpaired) electrons. The highest BCUT2D eigenvalue weighted by Gasteiger charge is 2.31. The third-order valence-electron chi connectivity index (χ3n) is 5.05. The number of carbonyl (C=O) groups excluding carboxylic acids is 1. The molecule has 1 saturated heterocycles.